The average molecular weight is 387 g/mol. The lowest BCUT2D eigenvalue weighted by molar-refractivity contribution is -0.384. The van der Waals surface area contributed by atoms with Gasteiger partial charge in [-0.2, -0.15) is 0 Å². The fourth-order valence-corrected chi connectivity index (χ4v) is 3.09. The predicted octanol–water partition coefficient (Wildman–Crippen LogP) is 2.93. The molecule has 2 aromatic rings. The summed E-state index contributed by atoms with van der Waals surface area (Å²) in [4.78, 5) is 36.7. The van der Waals surface area contributed by atoms with Gasteiger partial charge in [-0.25, -0.2) is 4.39 Å². The molecule has 0 atom stereocenters. The second-order valence-corrected chi connectivity index (χ2v) is 6.52. The third-order valence-corrected chi connectivity index (χ3v) is 4.69. The Bertz CT molecular complexity index is 908. The zero-order valence-corrected chi connectivity index (χ0v) is 14.8. The van der Waals surface area contributed by atoms with Crippen LogP contribution in [-0.2, 0) is 4.79 Å². The monoisotopic (exact) mass is 387 g/mol. The van der Waals surface area contributed by atoms with E-state index in [9.17, 15) is 29.2 Å². The summed E-state index contributed by atoms with van der Waals surface area (Å²) in [6, 6.07) is 8.67. The van der Waals surface area contributed by atoms with Crippen molar-refractivity contribution in [1.29, 1.82) is 0 Å². The summed E-state index contributed by atoms with van der Waals surface area (Å²) in [6.07, 6.45) is 0.822. The third kappa shape index (κ3) is 4.25. The Labute approximate surface area is 159 Å². The summed E-state index contributed by atoms with van der Waals surface area (Å²) in [5, 5.41) is 23.2. The minimum absolute atomic E-state index is 0.0241. The van der Waals surface area contributed by atoms with Gasteiger partial charge in [-0.1, -0.05) is 0 Å². The number of halogens is 1. The van der Waals surface area contributed by atoms with E-state index in [4.69, 9.17) is 0 Å². The molecule has 0 aliphatic carbocycles. The summed E-state index contributed by atoms with van der Waals surface area (Å²) < 4.78 is 13.0. The number of nitrogens with one attached hydrogen (secondary N) is 1. The molecule has 2 amide bonds. The van der Waals surface area contributed by atoms with Crippen molar-refractivity contribution in [2.24, 2.45) is 5.92 Å². The van der Waals surface area contributed by atoms with E-state index in [1.165, 1.54) is 24.3 Å². The molecule has 2 N–H and O–H groups in total. The number of amides is 2. The first-order valence-corrected chi connectivity index (χ1v) is 8.68. The number of likely N-dealkylation sites (tertiary alicyclic amines) is 1. The molecule has 28 heavy (non-hydrogen) atoms. The van der Waals surface area contributed by atoms with Gasteiger partial charge in [0, 0.05) is 36.7 Å². The first kappa shape index (κ1) is 19.3. The van der Waals surface area contributed by atoms with Crippen LogP contribution in [0.25, 0.3) is 0 Å². The van der Waals surface area contributed by atoms with Crippen molar-refractivity contribution >= 4 is 23.2 Å². The molecule has 1 heterocycles. The number of phenolic OH excluding ortho intramolecular Hbond substituents is 1. The summed E-state index contributed by atoms with van der Waals surface area (Å²) in [5.74, 6) is -1.67. The van der Waals surface area contributed by atoms with Gasteiger partial charge in [-0.3, -0.25) is 19.7 Å². The number of carbonyl (C=O) groups excluding carboxylic acids is 2. The van der Waals surface area contributed by atoms with Crippen molar-refractivity contribution < 1.29 is 24.0 Å². The molecule has 1 fully saturated rings. The number of hydrogen-bond acceptors (Lipinski definition) is 5. The van der Waals surface area contributed by atoms with E-state index >= 15 is 0 Å². The van der Waals surface area contributed by atoms with Gasteiger partial charge in [0.1, 0.15) is 11.6 Å². The lowest BCUT2D eigenvalue weighted by Gasteiger charge is -2.31. The molecule has 146 valence electrons. The standard InChI is InChI=1S/C19H18FN3O5/c20-14-3-1-13(2-4-14)19(26)22-9-7-12(8-10-22)18(25)21-16-11-15(23(27)28)5-6-17(16)24/h1-6,11-12,24H,7-10H2,(H,21,25). The fourth-order valence-electron chi connectivity index (χ4n) is 3.09. The number of piperidine rings is 1. The van der Waals surface area contributed by atoms with E-state index in [1.807, 2.05) is 0 Å². The van der Waals surface area contributed by atoms with Crippen molar-refractivity contribution in [3.8, 4) is 5.75 Å². The van der Waals surface area contributed by atoms with Crippen LogP contribution in [0, 0.1) is 21.8 Å². The first-order chi connectivity index (χ1) is 13.3. The molecular formula is C19H18FN3O5. The Balaban J connectivity index is 1.59. The Morgan fingerprint density at radius 3 is 2.39 bits per heavy atom. The SMILES string of the molecule is O=C(Nc1cc([N+](=O)[O-])ccc1O)C1CCN(C(=O)c2ccc(F)cc2)CC1. The zero-order valence-electron chi connectivity index (χ0n) is 14.8. The van der Waals surface area contributed by atoms with Crippen molar-refractivity contribution in [3.63, 3.8) is 0 Å². The van der Waals surface area contributed by atoms with Crippen LogP contribution in [0.5, 0.6) is 5.75 Å². The molecule has 2 aromatic carbocycles. The van der Waals surface area contributed by atoms with E-state index in [0.717, 1.165) is 18.2 Å². The molecular weight excluding hydrogens is 369 g/mol. The molecule has 0 bridgehead atoms. The molecule has 8 nitrogen and oxygen atoms in total. The Morgan fingerprint density at radius 1 is 1.14 bits per heavy atom. The Hall–Kier alpha value is -3.49. The number of carbonyl (C=O) groups is 2. The maximum atomic E-state index is 13.0. The number of nitro benzene ring substituents is 1. The highest BCUT2D eigenvalue weighted by molar-refractivity contribution is 5.96. The van der Waals surface area contributed by atoms with E-state index in [2.05, 4.69) is 5.32 Å². The summed E-state index contributed by atoms with van der Waals surface area (Å²) in [5.41, 5.74) is 0.114. The molecule has 0 spiro atoms. The number of benzene rings is 2. The number of hydrogen-bond donors (Lipinski definition) is 2. The van der Waals surface area contributed by atoms with Crippen LogP contribution in [0.15, 0.2) is 42.5 Å². The van der Waals surface area contributed by atoms with Crippen LogP contribution in [0.1, 0.15) is 23.2 Å². The topological polar surface area (TPSA) is 113 Å². The van der Waals surface area contributed by atoms with Gasteiger partial charge in [0.25, 0.3) is 11.6 Å². The molecule has 0 saturated carbocycles. The van der Waals surface area contributed by atoms with Gasteiger partial charge in [-0.15, -0.1) is 0 Å². The van der Waals surface area contributed by atoms with E-state index in [0.29, 0.717) is 31.5 Å². The maximum Gasteiger partial charge on any atom is 0.271 e. The molecule has 0 radical (unpaired) electrons. The molecule has 1 aliphatic rings. The van der Waals surface area contributed by atoms with Gasteiger partial charge >= 0.3 is 0 Å². The average Bonchev–Trinajstić information content (AvgIpc) is 2.69. The largest absolute Gasteiger partial charge is 0.506 e. The van der Waals surface area contributed by atoms with Gasteiger partial charge in [0.15, 0.2) is 0 Å². The van der Waals surface area contributed by atoms with Crippen LogP contribution < -0.4 is 5.32 Å². The third-order valence-electron chi connectivity index (χ3n) is 4.69. The molecule has 9 heteroatoms. The zero-order chi connectivity index (χ0) is 20.3. The van der Waals surface area contributed by atoms with E-state index in [-0.39, 0.29) is 28.9 Å². The summed E-state index contributed by atoms with van der Waals surface area (Å²) >= 11 is 0. The Kier molecular flexibility index (Phi) is 5.53. The number of non-ortho nitro benzene ring substituents is 1. The molecule has 0 aromatic heterocycles. The maximum absolute atomic E-state index is 13.0. The van der Waals surface area contributed by atoms with Crippen molar-refractivity contribution in [1.82, 2.24) is 4.90 Å². The normalized spacial score (nSPS) is 14.5. The van der Waals surface area contributed by atoms with Gasteiger partial charge in [-0.05, 0) is 43.2 Å². The number of anilines is 1. The number of aromatic hydroxyl groups is 1. The van der Waals surface area contributed by atoms with Crippen LogP contribution in [-0.4, -0.2) is 39.8 Å². The number of nitrogens with zero attached hydrogens (tertiary/aromatic N) is 2. The number of rotatable bonds is 4. The molecule has 3 rings (SSSR count). The predicted molar refractivity (Wildman–Crippen MR) is 98.4 cm³/mol. The van der Waals surface area contributed by atoms with Crippen molar-refractivity contribution in [2.75, 3.05) is 18.4 Å². The summed E-state index contributed by atoms with van der Waals surface area (Å²) in [7, 11) is 0. The highest BCUT2D eigenvalue weighted by Gasteiger charge is 2.28. The van der Waals surface area contributed by atoms with Crippen molar-refractivity contribution in [3.05, 3.63) is 64.0 Å². The van der Waals surface area contributed by atoms with Crippen molar-refractivity contribution in [2.45, 2.75) is 12.8 Å². The highest BCUT2D eigenvalue weighted by atomic mass is 19.1. The second-order valence-electron chi connectivity index (χ2n) is 6.52. The lowest BCUT2D eigenvalue weighted by Crippen LogP contribution is -2.41. The van der Waals surface area contributed by atoms with Gasteiger partial charge in [0.2, 0.25) is 5.91 Å². The lowest BCUT2D eigenvalue weighted by atomic mass is 9.95. The fraction of sp³-hybridized carbons (Fsp3) is 0.263. The first-order valence-electron chi connectivity index (χ1n) is 8.68. The second kappa shape index (κ2) is 8.03. The highest BCUT2D eigenvalue weighted by Crippen LogP contribution is 2.29. The minimum Gasteiger partial charge on any atom is -0.506 e. The van der Waals surface area contributed by atoms with Crippen LogP contribution in [0.4, 0.5) is 15.8 Å². The number of phenols is 1. The summed E-state index contributed by atoms with van der Waals surface area (Å²) in [6.45, 7) is 0.713. The quantitative estimate of drug-likeness (QED) is 0.476. The van der Waals surface area contributed by atoms with Crippen LogP contribution >= 0.6 is 0 Å². The minimum atomic E-state index is -0.616. The van der Waals surface area contributed by atoms with Gasteiger partial charge < -0.3 is 15.3 Å². The Morgan fingerprint density at radius 2 is 1.79 bits per heavy atom. The smallest absolute Gasteiger partial charge is 0.271 e. The van der Waals surface area contributed by atoms with Crippen LogP contribution in [0.3, 0.4) is 0 Å². The van der Waals surface area contributed by atoms with E-state index in [1.54, 1.807) is 4.90 Å². The van der Waals surface area contributed by atoms with E-state index < -0.39 is 16.7 Å². The molecule has 1 aliphatic heterocycles. The molecule has 0 unspecified atom stereocenters. The number of nitro groups is 1. The molecule has 1 saturated heterocycles. The van der Waals surface area contributed by atoms with Crippen LogP contribution in [0.2, 0.25) is 0 Å². The van der Waals surface area contributed by atoms with Gasteiger partial charge in [0.05, 0.1) is 10.6 Å².